The summed E-state index contributed by atoms with van der Waals surface area (Å²) in [5.74, 6) is 5.44. The van der Waals surface area contributed by atoms with Crippen LogP contribution in [0.1, 0.15) is 19.4 Å². The van der Waals surface area contributed by atoms with E-state index >= 15 is 0 Å². The number of hydrogen-bond acceptors (Lipinski definition) is 1. The SMILES string of the molecule is C#CCN(Cc1ccccc1)C(C)(C)C#C. The highest BCUT2D eigenvalue weighted by molar-refractivity contribution is 5.18. The first kappa shape index (κ1) is 12.4. The highest BCUT2D eigenvalue weighted by atomic mass is 15.2. The van der Waals surface area contributed by atoms with Gasteiger partial charge in [0.1, 0.15) is 0 Å². The van der Waals surface area contributed by atoms with Crippen LogP contribution in [0.5, 0.6) is 0 Å². The van der Waals surface area contributed by atoms with Crippen molar-refractivity contribution < 1.29 is 0 Å². The molecule has 1 aromatic carbocycles. The Hall–Kier alpha value is -1.70. The maximum Gasteiger partial charge on any atom is 0.0776 e. The Kier molecular flexibility index (Phi) is 4.18. The fourth-order valence-electron chi connectivity index (χ4n) is 1.46. The summed E-state index contributed by atoms with van der Waals surface area (Å²) < 4.78 is 0. The summed E-state index contributed by atoms with van der Waals surface area (Å²) in [7, 11) is 0. The Morgan fingerprint density at radius 1 is 1.19 bits per heavy atom. The van der Waals surface area contributed by atoms with E-state index in [1.165, 1.54) is 5.56 Å². The Morgan fingerprint density at radius 2 is 1.81 bits per heavy atom. The molecule has 0 atom stereocenters. The molecule has 0 amide bonds. The predicted octanol–water partition coefficient (Wildman–Crippen LogP) is 2.53. The van der Waals surface area contributed by atoms with Gasteiger partial charge in [-0.2, -0.15) is 0 Å². The quantitative estimate of drug-likeness (QED) is 0.692. The van der Waals surface area contributed by atoms with Gasteiger partial charge in [-0.25, -0.2) is 0 Å². The Bertz CT molecular complexity index is 403. The average molecular weight is 211 g/mol. The molecule has 0 saturated heterocycles. The van der Waals surface area contributed by atoms with Crippen LogP contribution in [0.2, 0.25) is 0 Å². The standard InChI is InChI=1S/C15H17N/c1-5-12-16(15(3,4)6-2)13-14-10-8-7-9-11-14/h1-2,7-11H,12-13H2,3-4H3. The molecule has 0 aliphatic rings. The van der Waals surface area contributed by atoms with Crippen LogP contribution in [0.25, 0.3) is 0 Å². The monoisotopic (exact) mass is 211 g/mol. The number of hydrogen-bond donors (Lipinski definition) is 0. The summed E-state index contributed by atoms with van der Waals surface area (Å²) in [6.45, 7) is 5.36. The van der Waals surface area contributed by atoms with Gasteiger partial charge in [0.25, 0.3) is 0 Å². The van der Waals surface area contributed by atoms with Crippen LogP contribution >= 0.6 is 0 Å². The van der Waals surface area contributed by atoms with E-state index in [4.69, 9.17) is 12.8 Å². The van der Waals surface area contributed by atoms with Crippen LogP contribution in [-0.4, -0.2) is 17.0 Å². The molecule has 0 unspecified atom stereocenters. The smallest absolute Gasteiger partial charge is 0.0776 e. The molecule has 1 aromatic rings. The van der Waals surface area contributed by atoms with E-state index in [0.29, 0.717) is 6.54 Å². The fraction of sp³-hybridized carbons (Fsp3) is 0.333. The highest BCUT2D eigenvalue weighted by Gasteiger charge is 2.23. The first-order valence-electron chi connectivity index (χ1n) is 5.30. The molecule has 0 radical (unpaired) electrons. The van der Waals surface area contributed by atoms with Crippen LogP contribution < -0.4 is 0 Å². The van der Waals surface area contributed by atoms with Crippen LogP contribution in [-0.2, 0) is 6.54 Å². The second kappa shape index (κ2) is 5.40. The maximum atomic E-state index is 5.53. The lowest BCUT2D eigenvalue weighted by molar-refractivity contribution is 0.184. The Morgan fingerprint density at radius 3 is 2.31 bits per heavy atom. The fourth-order valence-corrected chi connectivity index (χ4v) is 1.46. The lowest BCUT2D eigenvalue weighted by atomic mass is 10.0. The van der Waals surface area contributed by atoms with Crippen molar-refractivity contribution in [2.45, 2.75) is 25.9 Å². The number of terminal acetylenes is 2. The minimum absolute atomic E-state index is 0.317. The molecule has 0 bridgehead atoms. The van der Waals surface area contributed by atoms with E-state index in [1.807, 2.05) is 32.0 Å². The van der Waals surface area contributed by atoms with Crippen molar-refractivity contribution in [2.75, 3.05) is 6.54 Å². The first-order chi connectivity index (χ1) is 7.60. The molecule has 0 fully saturated rings. The number of rotatable bonds is 4. The third-order valence-corrected chi connectivity index (χ3v) is 2.64. The van der Waals surface area contributed by atoms with Gasteiger partial charge in [-0.05, 0) is 19.4 Å². The summed E-state index contributed by atoms with van der Waals surface area (Å²) in [5, 5.41) is 0. The zero-order valence-corrected chi connectivity index (χ0v) is 9.90. The van der Waals surface area contributed by atoms with Gasteiger partial charge in [0.15, 0.2) is 0 Å². The van der Waals surface area contributed by atoms with Gasteiger partial charge in [-0.3, -0.25) is 4.90 Å². The summed E-state index contributed by atoms with van der Waals surface area (Å²) in [4.78, 5) is 2.11. The molecule has 16 heavy (non-hydrogen) atoms. The van der Waals surface area contributed by atoms with Gasteiger partial charge in [0.05, 0.1) is 12.1 Å². The lowest BCUT2D eigenvalue weighted by Crippen LogP contribution is -2.42. The normalized spacial score (nSPS) is 10.8. The molecular formula is C15H17N. The molecule has 1 nitrogen and oxygen atoms in total. The topological polar surface area (TPSA) is 3.24 Å². The molecule has 0 heterocycles. The van der Waals surface area contributed by atoms with Crippen molar-refractivity contribution >= 4 is 0 Å². The third kappa shape index (κ3) is 3.16. The average Bonchev–Trinajstić information content (AvgIpc) is 2.30. The minimum Gasteiger partial charge on any atom is -0.272 e. The van der Waals surface area contributed by atoms with E-state index in [-0.39, 0.29) is 5.54 Å². The van der Waals surface area contributed by atoms with E-state index in [9.17, 15) is 0 Å². The molecule has 1 rings (SSSR count). The Labute approximate surface area is 98.5 Å². The molecular weight excluding hydrogens is 194 g/mol. The number of nitrogens with zero attached hydrogens (tertiary/aromatic N) is 1. The summed E-state index contributed by atoms with van der Waals surface area (Å²) in [5.41, 5.74) is 0.906. The molecule has 0 aliphatic carbocycles. The molecule has 1 heteroatoms. The van der Waals surface area contributed by atoms with E-state index in [1.54, 1.807) is 0 Å². The minimum atomic E-state index is -0.317. The van der Waals surface area contributed by atoms with Crippen LogP contribution in [0.15, 0.2) is 30.3 Å². The van der Waals surface area contributed by atoms with Crippen molar-refractivity contribution in [3.05, 3.63) is 35.9 Å². The van der Waals surface area contributed by atoms with Crippen molar-refractivity contribution in [1.29, 1.82) is 0 Å². The second-order valence-electron chi connectivity index (χ2n) is 4.25. The van der Waals surface area contributed by atoms with Crippen molar-refractivity contribution in [3.8, 4) is 24.7 Å². The Balaban J connectivity index is 2.82. The predicted molar refractivity (Wildman–Crippen MR) is 68.6 cm³/mol. The second-order valence-corrected chi connectivity index (χ2v) is 4.25. The molecule has 82 valence electrons. The van der Waals surface area contributed by atoms with Gasteiger partial charge in [-0.1, -0.05) is 42.2 Å². The highest BCUT2D eigenvalue weighted by Crippen LogP contribution is 2.16. The van der Waals surface area contributed by atoms with E-state index < -0.39 is 0 Å². The molecule has 0 aromatic heterocycles. The van der Waals surface area contributed by atoms with Crippen molar-refractivity contribution in [3.63, 3.8) is 0 Å². The number of benzene rings is 1. The van der Waals surface area contributed by atoms with Crippen LogP contribution in [0.4, 0.5) is 0 Å². The van der Waals surface area contributed by atoms with Gasteiger partial charge < -0.3 is 0 Å². The largest absolute Gasteiger partial charge is 0.272 e. The van der Waals surface area contributed by atoms with Gasteiger partial charge >= 0.3 is 0 Å². The molecule has 0 spiro atoms. The maximum absolute atomic E-state index is 5.53. The third-order valence-electron chi connectivity index (χ3n) is 2.64. The van der Waals surface area contributed by atoms with E-state index in [0.717, 1.165) is 6.54 Å². The van der Waals surface area contributed by atoms with Crippen LogP contribution in [0, 0.1) is 24.7 Å². The zero-order valence-electron chi connectivity index (χ0n) is 9.90. The summed E-state index contributed by atoms with van der Waals surface area (Å²) >= 11 is 0. The summed E-state index contributed by atoms with van der Waals surface area (Å²) in [6.07, 6.45) is 10.9. The van der Waals surface area contributed by atoms with Gasteiger partial charge in [0, 0.05) is 6.54 Å². The lowest BCUT2D eigenvalue weighted by Gasteiger charge is -2.33. The van der Waals surface area contributed by atoms with Crippen molar-refractivity contribution in [2.24, 2.45) is 0 Å². The van der Waals surface area contributed by atoms with Crippen LogP contribution in [0.3, 0.4) is 0 Å². The molecule has 0 saturated carbocycles. The van der Waals surface area contributed by atoms with E-state index in [2.05, 4.69) is 28.9 Å². The summed E-state index contributed by atoms with van der Waals surface area (Å²) in [6, 6.07) is 10.2. The van der Waals surface area contributed by atoms with Gasteiger partial charge in [-0.15, -0.1) is 12.8 Å². The first-order valence-corrected chi connectivity index (χ1v) is 5.30. The molecule has 0 N–H and O–H groups in total. The van der Waals surface area contributed by atoms with Gasteiger partial charge in [0.2, 0.25) is 0 Å². The molecule has 0 aliphatic heterocycles. The van der Waals surface area contributed by atoms with Crippen molar-refractivity contribution in [1.82, 2.24) is 4.90 Å². The zero-order chi connectivity index (χ0) is 12.0.